The lowest BCUT2D eigenvalue weighted by Gasteiger charge is -2.13. The number of methoxy groups -OCH3 is 4. The van der Waals surface area contributed by atoms with Gasteiger partial charge in [0, 0.05) is 10.9 Å². The fourth-order valence-corrected chi connectivity index (χ4v) is 2.98. The van der Waals surface area contributed by atoms with Crippen molar-refractivity contribution in [3.05, 3.63) is 41.2 Å². The summed E-state index contributed by atoms with van der Waals surface area (Å²) in [5.41, 5.74) is 0.469. The van der Waals surface area contributed by atoms with E-state index in [0.29, 0.717) is 22.6 Å². The van der Waals surface area contributed by atoms with Crippen LogP contribution in [0, 0.1) is 12.3 Å². The van der Waals surface area contributed by atoms with Gasteiger partial charge in [0.25, 0.3) is 0 Å². The van der Waals surface area contributed by atoms with Crippen molar-refractivity contribution >= 4 is 16.8 Å². The van der Waals surface area contributed by atoms with E-state index in [2.05, 4.69) is 5.92 Å². The molecule has 0 fully saturated rings. The highest BCUT2D eigenvalue weighted by Crippen LogP contribution is 2.42. The Kier molecular flexibility index (Phi) is 5.05. The molecule has 0 atom stereocenters. The molecule has 0 aliphatic carbocycles. The monoisotopic (exact) mass is 382 g/mol. The predicted octanol–water partition coefficient (Wildman–Crippen LogP) is 3.39. The third-order valence-corrected chi connectivity index (χ3v) is 4.30. The van der Waals surface area contributed by atoms with Crippen molar-refractivity contribution in [3.63, 3.8) is 0 Å². The van der Waals surface area contributed by atoms with Crippen molar-refractivity contribution in [3.8, 4) is 41.1 Å². The van der Waals surface area contributed by atoms with E-state index < -0.39 is 5.78 Å². The number of carbonyl (C=O) groups is 1. The number of phenolic OH excluding ortho intramolecular Hbond substituents is 1. The molecule has 2 aromatic carbocycles. The number of ether oxygens (including phenoxy) is 4. The van der Waals surface area contributed by atoms with Gasteiger partial charge in [-0.15, -0.1) is 6.42 Å². The number of fused-ring (bicyclic) bond motifs is 1. The summed E-state index contributed by atoms with van der Waals surface area (Å²) < 4.78 is 26.5. The van der Waals surface area contributed by atoms with Crippen molar-refractivity contribution in [2.24, 2.45) is 0 Å². The highest BCUT2D eigenvalue weighted by atomic mass is 16.5. The Hall–Kier alpha value is -3.79. The minimum atomic E-state index is -0.421. The molecule has 0 amide bonds. The van der Waals surface area contributed by atoms with Crippen molar-refractivity contribution in [1.29, 1.82) is 0 Å². The van der Waals surface area contributed by atoms with Crippen molar-refractivity contribution in [2.45, 2.75) is 0 Å². The second-order valence-corrected chi connectivity index (χ2v) is 5.69. The molecule has 7 nitrogen and oxygen atoms in total. The maximum atomic E-state index is 13.3. The first-order valence-corrected chi connectivity index (χ1v) is 8.14. The van der Waals surface area contributed by atoms with E-state index in [1.807, 2.05) is 0 Å². The molecule has 0 aliphatic heterocycles. The average Bonchev–Trinajstić information content (AvgIpc) is 3.11. The molecule has 0 unspecified atom stereocenters. The summed E-state index contributed by atoms with van der Waals surface area (Å²) in [6.07, 6.45) is 5.53. The Morgan fingerprint density at radius 1 is 1.00 bits per heavy atom. The van der Waals surface area contributed by atoms with Crippen LogP contribution < -0.4 is 18.9 Å². The average molecular weight is 382 g/mol. The smallest absolute Gasteiger partial charge is 0.203 e. The fourth-order valence-electron chi connectivity index (χ4n) is 2.98. The van der Waals surface area contributed by atoms with E-state index in [4.69, 9.17) is 29.8 Å². The van der Waals surface area contributed by atoms with E-state index >= 15 is 0 Å². The van der Waals surface area contributed by atoms with Crippen molar-refractivity contribution in [1.82, 2.24) is 0 Å². The SMILES string of the molecule is C#Cc1oc2c(O)c(OC)ccc2c1C(=O)c1cc(OC)c(OC)c(OC)c1. The Morgan fingerprint density at radius 2 is 1.61 bits per heavy atom. The number of terminal acetylenes is 1. The number of furan rings is 1. The molecule has 0 spiro atoms. The Bertz CT molecular complexity index is 1080. The normalized spacial score (nSPS) is 10.4. The first kappa shape index (κ1) is 19.0. The number of hydrogen-bond acceptors (Lipinski definition) is 7. The summed E-state index contributed by atoms with van der Waals surface area (Å²) in [5, 5.41) is 10.7. The number of ketones is 1. The molecule has 0 radical (unpaired) electrons. The Morgan fingerprint density at radius 3 is 2.11 bits per heavy atom. The molecule has 0 bridgehead atoms. The van der Waals surface area contributed by atoms with Gasteiger partial charge >= 0.3 is 0 Å². The molecule has 1 N–H and O–H groups in total. The standard InChI is InChI=1S/C21H18O7/c1-6-13-17(12-7-8-14(24-2)19(23)20(12)28-13)18(22)11-9-15(25-3)21(27-5)16(10-11)26-4/h1,7-10,23H,2-5H3. The van der Waals surface area contributed by atoms with Crippen LogP contribution in [0.3, 0.4) is 0 Å². The number of rotatable bonds is 6. The van der Waals surface area contributed by atoms with Gasteiger partial charge in [0.15, 0.2) is 34.4 Å². The number of aromatic hydroxyl groups is 1. The summed E-state index contributed by atoms with van der Waals surface area (Å²) in [6.45, 7) is 0. The summed E-state index contributed by atoms with van der Waals surface area (Å²) in [4.78, 5) is 13.3. The van der Waals surface area contributed by atoms with E-state index in [1.165, 1.54) is 46.6 Å². The summed E-state index contributed by atoms with van der Waals surface area (Å²) >= 11 is 0. The van der Waals surface area contributed by atoms with Gasteiger partial charge in [0.05, 0.1) is 34.0 Å². The Labute approximate surface area is 161 Å². The zero-order chi connectivity index (χ0) is 20.4. The summed E-state index contributed by atoms with van der Waals surface area (Å²) in [5.74, 6) is 2.91. The Balaban J connectivity index is 2.25. The molecule has 1 aromatic heterocycles. The third-order valence-electron chi connectivity index (χ3n) is 4.30. The van der Waals surface area contributed by atoms with Gasteiger partial charge in [0.1, 0.15) is 0 Å². The predicted molar refractivity (Wildman–Crippen MR) is 102 cm³/mol. The van der Waals surface area contributed by atoms with E-state index in [-0.39, 0.29) is 34.0 Å². The van der Waals surface area contributed by atoms with Gasteiger partial charge < -0.3 is 28.5 Å². The van der Waals surface area contributed by atoms with Gasteiger partial charge in [0.2, 0.25) is 11.5 Å². The van der Waals surface area contributed by atoms with Gasteiger partial charge in [-0.2, -0.15) is 0 Å². The molecular weight excluding hydrogens is 364 g/mol. The van der Waals surface area contributed by atoms with Crippen molar-refractivity contribution < 1.29 is 33.3 Å². The highest BCUT2D eigenvalue weighted by Gasteiger charge is 2.26. The minimum Gasteiger partial charge on any atom is -0.502 e. The van der Waals surface area contributed by atoms with Gasteiger partial charge in [-0.25, -0.2) is 0 Å². The van der Waals surface area contributed by atoms with Crippen molar-refractivity contribution in [2.75, 3.05) is 28.4 Å². The maximum absolute atomic E-state index is 13.3. The molecule has 3 rings (SSSR count). The highest BCUT2D eigenvalue weighted by molar-refractivity contribution is 6.18. The van der Waals surface area contributed by atoms with Crippen LogP contribution in [0.5, 0.6) is 28.7 Å². The fraction of sp³-hybridized carbons (Fsp3) is 0.190. The zero-order valence-corrected chi connectivity index (χ0v) is 15.8. The van der Waals surface area contributed by atoms with Crippen LogP contribution in [0.2, 0.25) is 0 Å². The molecular formula is C21H18O7. The van der Waals surface area contributed by atoms with Crippen LogP contribution in [0.15, 0.2) is 28.7 Å². The topological polar surface area (TPSA) is 87.4 Å². The number of benzene rings is 2. The quantitative estimate of drug-likeness (QED) is 0.516. The zero-order valence-electron chi connectivity index (χ0n) is 15.8. The van der Waals surface area contributed by atoms with Crippen LogP contribution in [0.1, 0.15) is 21.7 Å². The van der Waals surface area contributed by atoms with Crippen LogP contribution in [0.4, 0.5) is 0 Å². The van der Waals surface area contributed by atoms with Gasteiger partial charge in [-0.1, -0.05) is 0 Å². The lowest BCUT2D eigenvalue weighted by molar-refractivity contribution is 0.103. The van der Waals surface area contributed by atoms with Gasteiger partial charge in [-0.3, -0.25) is 4.79 Å². The molecule has 0 saturated heterocycles. The van der Waals surface area contributed by atoms with Crippen LogP contribution in [-0.4, -0.2) is 39.3 Å². The van der Waals surface area contributed by atoms with Gasteiger partial charge in [-0.05, 0) is 30.2 Å². The van der Waals surface area contributed by atoms with E-state index in [0.717, 1.165) is 0 Å². The molecule has 144 valence electrons. The third kappa shape index (κ3) is 2.85. The minimum absolute atomic E-state index is 0.00250. The number of carbonyl (C=O) groups excluding carboxylic acids is 1. The lowest BCUT2D eigenvalue weighted by atomic mass is 9.99. The first-order valence-electron chi connectivity index (χ1n) is 8.14. The number of phenols is 1. The molecule has 0 saturated carbocycles. The van der Waals surface area contributed by atoms with E-state index in [1.54, 1.807) is 6.07 Å². The summed E-state index contributed by atoms with van der Waals surface area (Å²) in [6, 6.07) is 6.17. The molecule has 1 heterocycles. The molecule has 3 aromatic rings. The second-order valence-electron chi connectivity index (χ2n) is 5.69. The molecule has 0 aliphatic rings. The first-order chi connectivity index (χ1) is 13.5. The maximum Gasteiger partial charge on any atom is 0.203 e. The molecule has 7 heteroatoms. The van der Waals surface area contributed by atoms with Crippen LogP contribution >= 0.6 is 0 Å². The summed E-state index contributed by atoms with van der Waals surface area (Å²) in [7, 11) is 5.79. The van der Waals surface area contributed by atoms with E-state index in [9.17, 15) is 9.90 Å². The number of hydrogen-bond donors (Lipinski definition) is 1. The van der Waals surface area contributed by atoms with Crippen LogP contribution in [-0.2, 0) is 0 Å². The second kappa shape index (κ2) is 7.45. The van der Waals surface area contributed by atoms with Crippen LogP contribution in [0.25, 0.3) is 11.0 Å². The lowest BCUT2D eigenvalue weighted by Crippen LogP contribution is -2.05. The largest absolute Gasteiger partial charge is 0.502 e. The molecule has 28 heavy (non-hydrogen) atoms.